The third-order valence-electron chi connectivity index (χ3n) is 5.07. The van der Waals surface area contributed by atoms with E-state index in [2.05, 4.69) is 15.4 Å². The number of carbonyl (C=O) groups excluding carboxylic acids is 1. The number of rotatable bonds is 2. The molecule has 1 amide bonds. The molecule has 7 heteroatoms. The molecule has 1 aliphatic heterocycles. The Morgan fingerprint density at radius 3 is 2.56 bits per heavy atom. The highest BCUT2D eigenvalue weighted by molar-refractivity contribution is 6.30. The monoisotopic (exact) mass is 358 g/mol. The number of nitrogens with zero attached hydrogens (tertiary/aromatic N) is 3. The van der Waals surface area contributed by atoms with Crippen LogP contribution in [0, 0.1) is 0 Å². The third-order valence-corrected chi connectivity index (χ3v) is 5.32. The van der Waals surface area contributed by atoms with Gasteiger partial charge >= 0.3 is 0 Å². The van der Waals surface area contributed by atoms with Gasteiger partial charge in [-0.25, -0.2) is 9.67 Å². The van der Waals surface area contributed by atoms with E-state index in [0.29, 0.717) is 16.7 Å². The van der Waals surface area contributed by atoms with Crippen molar-refractivity contribution in [1.29, 1.82) is 0 Å². The minimum atomic E-state index is -0.628. The van der Waals surface area contributed by atoms with Crippen LogP contribution in [0.2, 0.25) is 5.02 Å². The van der Waals surface area contributed by atoms with Gasteiger partial charge in [-0.1, -0.05) is 30.9 Å². The van der Waals surface area contributed by atoms with Gasteiger partial charge in [0, 0.05) is 17.6 Å². The lowest BCUT2D eigenvalue weighted by molar-refractivity contribution is -0.116. The van der Waals surface area contributed by atoms with Crippen LogP contribution >= 0.6 is 11.6 Å². The lowest BCUT2D eigenvalue weighted by atomic mass is 9.81. The molecule has 25 heavy (non-hydrogen) atoms. The van der Waals surface area contributed by atoms with E-state index < -0.39 is 5.54 Å². The Morgan fingerprint density at radius 2 is 1.88 bits per heavy atom. The summed E-state index contributed by atoms with van der Waals surface area (Å²) in [6.45, 7) is 0. The summed E-state index contributed by atoms with van der Waals surface area (Å²) in [5, 5.41) is 18.8. The fraction of sp³-hybridized carbons (Fsp3) is 0.389. The molecule has 1 saturated carbocycles. The predicted molar refractivity (Wildman–Crippen MR) is 95.0 cm³/mol. The Hall–Kier alpha value is -2.34. The Balaban J connectivity index is 1.76. The molecule has 1 spiro atoms. The number of benzene rings is 1. The number of aromatic nitrogens is 3. The van der Waals surface area contributed by atoms with E-state index in [1.807, 2.05) is 12.1 Å². The zero-order valence-corrected chi connectivity index (χ0v) is 14.7. The molecule has 1 aromatic carbocycles. The largest absolute Gasteiger partial charge is 0.509 e. The van der Waals surface area contributed by atoms with Crippen LogP contribution in [0.4, 0.5) is 0 Å². The molecule has 0 saturated heterocycles. The molecule has 1 fully saturated rings. The first kappa shape index (κ1) is 16.1. The fourth-order valence-electron chi connectivity index (χ4n) is 3.73. The molecule has 1 aromatic heterocycles. The van der Waals surface area contributed by atoms with Crippen LogP contribution in [0.15, 0.2) is 30.0 Å². The molecular formula is C18H19ClN4O2. The van der Waals surface area contributed by atoms with Crippen LogP contribution < -0.4 is 5.32 Å². The second kappa shape index (κ2) is 5.88. The number of carbonyl (C=O) groups is 1. The van der Waals surface area contributed by atoms with E-state index in [1.54, 1.807) is 19.2 Å². The van der Waals surface area contributed by atoms with Crippen molar-refractivity contribution >= 4 is 23.1 Å². The number of hydrogen-bond donors (Lipinski definition) is 2. The molecular weight excluding hydrogens is 340 g/mol. The van der Waals surface area contributed by atoms with Crippen molar-refractivity contribution in [3.05, 3.63) is 40.9 Å². The van der Waals surface area contributed by atoms with Crippen LogP contribution in [0.5, 0.6) is 0 Å². The number of nitrogens with one attached hydrogen (secondary N) is 1. The number of aryl methyl sites for hydroxylation is 1. The minimum Gasteiger partial charge on any atom is -0.509 e. The van der Waals surface area contributed by atoms with Crippen molar-refractivity contribution in [3.8, 4) is 11.4 Å². The predicted octanol–water partition coefficient (Wildman–Crippen LogP) is 3.24. The van der Waals surface area contributed by atoms with Gasteiger partial charge in [-0.15, -0.1) is 0 Å². The summed E-state index contributed by atoms with van der Waals surface area (Å²) in [7, 11) is 1.72. The van der Waals surface area contributed by atoms with E-state index >= 15 is 0 Å². The molecule has 0 radical (unpaired) electrons. The molecule has 4 rings (SSSR count). The second-order valence-electron chi connectivity index (χ2n) is 6.71. The van der Waals surface area contributed by atoms with Gasteiger partial charge in [0.05, 0.1) is 5.54 Å². The van der Waals surface area contributed by atoms with Crippen molar-refractivity contribution in [2.45, 2.75) is 37.6 Å². The van der Waals surface area contributed by atoms with Gasteiger partial charge in [-0.05, 0) is 37.1 Å². The zero-order valence-electron chi connectivity index (χ0n) is 13.9. The average Bonchev–Trinajstić information content (AvgIpc) is 3.07. The lowest BCUT2D eigenvalue weighted by Gasteiger charge is -2.33. The number of hydrogen-bond acceptors (Lipinski definition) is 4. The minimum absolute atomic E-state index is 0.107. The molecule has 2 N–H and O–H groups in total. The van der Waals surface area contributed by atoms with Crippen molar-refractivity contribution in [2.24, 2.45) is 7.05 Å². The summed E-state index contributed by atoms with van der Waals surface area (Å²) in [6, 6.07) is 7.19. The van der Waals surface area contributed by atoms with Crippen molar-refractivity contribution in [3.63, 3.8) is 0 Å². The van der Waals surface area contributed by atoms with Crippen molar-refractivity contribution in [2.75, 3.05) is 0 Å². The van der Waals surface area contributed by atoms with Gasteiger partial charge in [-0.2, -0.15) is 5.10 Å². The Kier molecular flexibility index (Phi) is 3.80. The van der Waals surface area contributed by atoms with Crippen molar-refractivity contribution in [1.82, 2.24) is 20.1 Å². The van der Waals surface area contributed by atoms with Crippen LogP contribution in [0.1, 0.15) is 37.9 Å². The summed E-state index contributed by atoms with van der Waals surface area (Å²) >= 11 is 5.92. The Labute approximate surface area is 150 Å². The molecule has 0 bridgehead atoms. The highest BCUT2D eigenvalue weighted by atomic mass is 35.5. The van der Waals surface area contributed by atoms with E-state index in [9.17, 15) is 9.90 Å². The molecule has 2 aliphatic rings. The topological polar surface area (TPSA) is 80.0 Å². The highest BCUT2D eigenvalue weighted by Gasteiger charge is 2.47. The maximum Gasteiger partial charge on any atom is 0.259 e. The normalized spacial score (nSPS) is 19.5. The summed E-state index contributed by atoms with van der Waals surface area (Å²) in [5.74, 6) is 0.696. The summed E-state index contributed by atoms with van der Waals surface area (Å²) in [5.41, 5.74) is 0.408. The maximum atomic E-state index is 12.6. The molecule has 1 aliphatic carbocycles. The quantitative estimate of drug-likeness (QED) is 0.863. The number of aliphatic hydroxyl groups excluding tert-OH is 1. The number of amides is 1. The van der Waals surface area contributed by atoms with Crippen LogP contribution in [-0.2, 0) is 11.8 Å². The number of aliphatic hydroxyl groups is 1. The molecule has 2 heterocycles. The first-order chi connectivity index (χ1) is 12.0. The second-order valence-corrected chi connectivity index (χ2v) is 7.15. The third kappa shape index (κ3) is 2.61. The van der Waals surface area contributed by atoms with Gasteiger partial charge in [0.1, 0.15) is 11.3 Å². The summed E-state index contributed by atoms with van der Waals surface area (Å²) in [6.07, 6.45) is 4.63. The molecule has 0 unspecified atom stereocenters. The Morgan fingerprint density at radius 1 is 1.20 bits per heavy atom. The summed E-state index contributed by atoms with van der Waals surface area (Å²) in [4.78, 5) is 17.1. The van der Waals surface area contributed by atoms with E-state index in [4.69, 9.17) is 11.6 Å². The first-order valence-electron chi connectivity index (χ1n) is 8.44. The van der Waals surface area contributed by atoms with Gasteiger partial charge in [0.25, 0.3) is 5.91 Å². The van der Waals surface area contributed by atoms with Gasteiger partial charge in [-0.3, -0.25) is 4.79 Å². The summed E-state index contributed by atoms with van der Waals surface area (Å²) < 4.78 is 1.54. The standard InChI is InChI=1S/C18H19ClN4O2/c1-23-16(20-15(22-23)11-5-7-12(19)8-6-11)13-14(24)18(21-17(13)25)9-3-2-4-10-18/h5-8,24H,2-4,9-10H2,1H3,(H,21,25). The van der Waals surface area contributed by atoms with Gasteiger partial charge in [0.15, 0.2) is 11.6 Å². The van der Waals surface area contributed by atoms with Gasteiger partial charge in [0.2, 0.25) is 0 Å². The van der Waals surface area contributed by atoms with Gasteiger partial charge < -0.3 is 10.4 Å². The zero-order chi connectivity index (χ0) is 17.6. The number of halogens is 1. The average molecular weight is 359 g/mol. The van der Waals surface area contributed by atoms with Crippen LogP contribution in [0.25, 0.3) is 17.0 Å². The molecule has 0 atom stereocenters. The van der Waals surface area contributed by atoms with E-state index in [0.717, 1.165) is 37.7 Å². The van der Waals surface area contributed by atoms with Crippen LogP contribution in [-0.4, -0.2) is 31.3 Å². The van der Waals surface area contributed by atoms with Crippen LogP contribution in [0.3, 0.4) is 0 Å². The van der Waals surface area contributed by atoms with E-state index in [1.165, 1.54) is 4.68 Å². The van der Waals surface area contributed by atoms with Crippen molar-refractivity contribution < 1.29 is 9.90 Å². The fourth-order valence-corrected chi connectivity index (χ4v) is 3.86. The maximum absolute atomic E-state index is 12.6. The molecule has 130 valence electrons. The lowest BCUT2D eigenvalue weighted by Crippen LogP contribution is -2.46. The van der Waals surface area contributed by atoms with E-state index in [-0.39, 0.29) is 17.2 Å². The SMILES string of the molecule is Cn1nc(-c2ccc(Cl)cc2)nc1C1=C(O)C2(CCCCC2)NC1=O. The molecule has 2 aromatic rings. The highest BCUT2D eigenvalue weighted by Crippen LogP contribution is 2.40. The smallest absolute Gasteiger partial charge is 0.259 e. The molecule has 6 nitrogen and oxygen atoms in total. The Bertz CT molecular complexity index is 864. The first-order valence-corrected chi connectivity index (χ1v) is 8.81.